The van der Waals surface area contributed by atoms with E-state index in [9.17, 15) is 4.39 Å². The summed E-state index contributed by atoms with van der Waals surface area (Å²) in [4.78, 5) is 4.47. The summed E-state index contributed by atoms with van der Waals surface area (Å²) >= 11 is 3.39. The molecule has 3 rings (SSSR count). The first kappa shape index (κ1) is 21.7. The van der Waals surface area contributed by atoms with E-state index in [0.29, 0.717) is 39.6 Å². The van der Waals surface area contributed by atoms with E-state index in [1.54, 1.807) is 16.8 Å². The van der Waals surface area contributed by atoms with Crippen molar-refractivity contribution in [2.75, 3.05) is 13.7 Å². The van der Waals surface area contributed by atoms with Crippen molar-refractivity contribution >= 4 is 24.0 Å². The largest absolute Gasteiger partial charge is 0.496 e. The fourth-order valence-corrected chi connectivity index (χ4v) is 3.95. The molecule has 0 bridgehead atoms. The lowest BCUT2D eigenvalue weighted by Gasteiger charge is -2.16. The van der Waals surface area contributed by atoms with Crippen LogP contribution in [-0.4, -0.2) is 36.6 Å². The zero-order chi connectivity index (χ0) is 21.0. The van der Waals surface area contributed by atoms with E-state index in [0.717, 1.165) is 6.04 Å². The Bertz CT molecular complexity index is 988. The summed E-state index contributed by atoms with van der Waals surface area (Å²) in [5.41, 5.74) is 2.28. The molecule has 0 aliphatic heterocycles. The summed E-state index contributed by atoms with van der Waals surface area (Å²) < 4.78 is 28.4. The molecular formula is C21H25BrFN3O2Si. The number of rotatable bonds is 8. The Labute approximate surface area is 180 Å². The third kappa shape index (κ3) is 5.52. The highest BCUT2D eigenvalue weighted by Gasteiger charge is 2.20. The first-order valence-corrected chi connectivity index (χ1v) is 13.9. The van der Waals surface area contributed by atoms with Crippen LogP contribution in [0.4, 0.5) is 4.39 Å². The Kier molecular flexibility index (Phi) is 6.87. The maximum Gasteiger partial charge on any atom is 0.140 e. The van der Waals surface area contributed by atoms with Gasteiger partial charge in [-0.2, -0.15) is 5.10 Å². The van der Waals surface area contributed by atoms with Crippen LogP contribution in [0.2, 0.25) is 25.7 Å². The van der Waals surface area contributed by atoms with Gasteiger partial charge in [-0.3, -0.25) is 0 Å². The second-order valence-electron chi connectivity index (χ2n) is 7.93. The van der Waals surface area contributed by atoms with Crippen molar-refractivity contribution in [1.29, 1.82) is 0 Å². The maximum absolute atomic E-state index is 14.7. The van der Waals surface area contributed by atoms with E-state index in [-0.39, 0.29) is 12.5 Å². The van der Waals surface area contributed by atoms with Gasteiger partial charge >= 0.3 is 0 Å². The molecule has 0 fully saturated rings. The standard InChI is InChI=1S/C21H25BrFN3O2Si/c1-27-19-9-5-7-15(23)21(19)18-13-17(16-8-6-10-20(22)24-16)25-26(18)14-28-11-12-29(2,3)4/h5-10,13H,11-12,14H2,1-4H3. The average Bonchev–Trinajstić information content (AvgIpc) is 3.08. The third-order valence-electron chi connectivity index (χ3n) is 4.42. The Balaban J connectivity index is 1.99. The second kappa shape index (κ2) is 9.19. The molecule has 3 aromatic rings. The molecule has 2 aromatic heterocycles. The van der Waals surface area contributed by atoms with Gasteiger partial charge in [0.2, 0.25) is 0 Å². The number of halogens is 2. The number of hydrogen-bond acceptors (Lipinski definition) is 4. The summed E-state index contributed by atoms with van der Waals surface area (Å²) in [6.07, 6.45) is 0. The predicted molar refractivity (Wildman–Crippen MR) is 119 cm³/mol. The molecule has 0 N–H and O–H groups in total. The Morgan fingerprint density at radius 1 is 1.10 bits per heavy atom. The van der Waals surface area contributed by atoms with Gasteiger partial charge in [0.05, 0.1) is 24.1 Å². The predicted octanol–water partition coefficient (Wildman–Crippen LogP) is 5.83. The van der Waals surface area contributed by atoms with Crippen LogP contribution in [0.5, 0.6) is 5.75 Å². The summed E-state index contributed by atoms with van der Waals surface area (Å²) in [7, 11) is 0.328. The van der Waals surface area contributed by atoms with E-state index < -0.39 is 8.07 Å². The SMILES string of the molecule is COc1cccc(F)c1-c1cc(-c2cccc(Br)n2)nn1COCC[Si](C)(C)C. The van der Waals surface area contributed by atoms with Gasteiger partial charge in [-0.15, -0.1) is 0 Å². The minimum atomic E-state index is -1.20. The third-order valence-corrected chi connectivity index (χ3v) is 6.56. The maximum atomic E-state index is 14.7. The van der Waals surface area contributed by atoms with E-state index >= 15 is 0 Å². The zero-order valence-corrected chi connectivity index (χ0v) is 19.7. The fourth-order valence-electron chi connectivity index (χ4n) is 2.84. The van der Waals surface area contributed by atoms with Crippen LogP contribution >= 0.6 is 15.9 Å². The second-order valence-corrected chi connectivity index (χ2v) is 14.4. The summed E-state index contributed by atoms with van der Waals surface area (Å²) in [6, 6.07) is 13.2. The molecule has 0 saturated carbocycles. The van der Waals surface area contributed by atoms with Gasteiger partial charge in [0.1, 0.15) is 28.6 Å². The highest BCUT2D eigenvalue weighted by molar-refractivity contribution is 9.10. The van der Waals surface area contributed by atoms with Gasteiger partial charge in [0.15, 0.2) is 0 Å². The van der Waals surface area contributed by atoms with Crippen LogP contribution in [0.3, 0.4) is 0 Å². The van der Waals surface area contributed by atoms with Gasteiger partial charge in [-0.05, 0) is 52.3 Å². The van der Waals surface area contributed by atoms with E-state index in [1.807, 2.05) is 24.3 Å². The molecule has 0 saturated heterocycles. The van der Waals surface area contributed by atoms with Crippen molar-refractivity contribution in [2.45, 2.75) is 32.4 Å². The molecule has 29 heavy (non-hydrogen) atoms. The van der Waals surface area contributed by atoms with Crippen LogP contribution < -0.4 is 4.74 Å². The van der Waals surface area contributed by atoms with Gasteiger partial charge in [-0.1, -0.05) is 31.8 Å². The zero-order valence-electron chi connectivity index (χ0n) is 17.1. The number of methoxy groups -OCH3 is 1. The first-order chi connectivity index (χ1) is 13.8. The molecule has 5 nitrogen and oxygen atoms in total. The summed E-state index contributed by atoms with van der Waals surface area (Å²) in [6.45, 7) is 7.78. The van der Waals surface area contributed by atoms with Gasteiger partial charge < -0.3 is 9.47 Å². The highest BCUT2D eigenvalue weighted by atomic mass is 79.9. The minimum absolute atomic E-state index is 0.227. The fraction of sp³-hybridized carbons (Fsp3) is 0.333. The lowest BCUT2D eigenvalue weighted by Crippen LogP contribution is -2.22. The van der Waals surface area contributed by atoms with Crippen molar-refractivity contribution in [3.8, 4) is 28.4 Å². The number of nitrogens with zero attached hydrogens (tertiary/aromatic N) is 3. The van der Waals surface area contributed by atoms with Crippen LogP contribution in [-0.2, 0) is 11.5 Å². The van der Waals surface area contributed by atoms with Crippen molar-refractivity contribution in [3.63, 3.8) is 0 Å². The molecule has 8 heteroatoms. The summed E-state index contributed by atoms with van der Waals surface area (Å²) in [5.74, 6) is 0.0725. The average molecular weight is 478 g/mol. The van der Waals surface area contributed by atoms with Crippen molar-refractivity contribution in [2.24, 2.45) is 0 Å². The van der Waals surface area contributed by atoms with Crippen molar-refractivity contribution in [1.82, 2.24) is 14.8 Å². The topological polar surface area (TPSA) is 49.2 Å². The van der Waals surface area contributed by atoms with Crippen LogP contribution in [0.1, 0.15) is 0 Å². The molecule has 0 spiro atoms. The van der Waals surface area contributed by atoms with Crippen molar-refractivity contribution < 1.29 is 13.9 Å². The number of benzene rings is 1. The Morgan fingerprint density at radius 3 is 2.55 bits per heavy atom. The molecule has 0 amide bonds. The molecule has 154 valence electrons. The molecule has 1 aromatic carbocycles. The van der Waals surface area contributed by atoms with Crippen LogP contribution in [0.15, 0.2) is 47.1 Å². The smallest absolute Gasteiger partial charge is 0.140 e. The lowest BCUT2D eigenvalue weighted by molar-refractivity contribution is 0.0799. The molecule has 0 aliphatic carbocycles. The number of ether oxygens (including phenoxy) is 2. The van der Waals surface area contributed by atoms with Crippen LogP contribution in [0.25, 0.3) is 22.6 Å². The van der Waals surface area contributed by atoms with Crippen LogP contribution in [0, 0.1) is 5.82 Å². The minimum Gasteiger partial charge on any atom is -0.496 e. The molecule has 2 heterocycles. The molecule has 0 unspecified atom stereocenters. The normalized spacial score (nSPS) is 11.7. The molecule has 0 radical (unpaired) electrons. The first-order valence-electron chi connectivity index (χ1n) is 9.40. The van der Waals surface area contributed by atoms with Gasteiger partial charge in [0, 0.05) is 14.7 Å². The van der Waals surface area contributed by atoms with E-state index in [2.05, 4.69) is 45.7 Å². The Morgan fingerprint density at radius 2 is 1.86 bits per heavy atom. The van der Waals surface area contributed by atoms with Gasteiger partial charge in [0.25, 0.3) is 0 Å². The number of pyridine rings is 1. The van der Waals surface area contributed by atoms with Gasteiger partial charge in [-0.25, -0.2) is 14.1 Å². The monoisotopic (exact) mass is 477 g/mol. The van der Waals surface area contributed by atoms with E-state index in [4.69, 9.17) is 9.47 Å². The molecular weight excluding hydrogens is 453 g/mol. The molecule has 0 atom stereocenters. The summed E-state index contributed by atoms with van der Waals surface area (Å²) in [5, 5.41) is 4.65. The quantitative estimate of drug-likeness (QED) is 0.232. The highest BCUT2D eigenvalue weighted by Crippen LogP contribution is 2.34. The number of aromatic nitrogens is 3. The molecule has 0 aliphatic rings. The Hall–Kier alpha value is -2.03. The van der Waals surface area contributed by atoms with E-state index in [1.165, 1.54) is 13.2 Å². The lowest BCUT2D eigenvalue weighted by atomic mass is 10.1. The van der Waals surface area contributed by atoms with Crippen molar-refractivity contribution in [3.05, 3.63) is 52.9 Å². The number of hydrogen-bond donors (Lipinski definition) is 0.